The number of aryl methyl sites for hydroxylation is 1. The van der Waals surface area contributed by atoms with E-state index in [0.717, 1.165) is 11.1 Å². The maximum atomic E-state index is 13.3. The van der Waals surface area contributed by atoms with E-state index in [4.69, 9.17) is 20.9 Å². The third-order valence-electron chi connectivity index (χ3n) is 5.30. The number of hydroxylamine groups is 1. The third-order valence-corrected chi connectivity index (χ3v) is 5.51. The van der Waals surface area contributed by atoms with Gasteiger partial charge in [0.05, 0.1) is 29.9 Å². The van der Waals surface area contributed by atoms with E-state index >= 15 is 0 Å². The molecule has 0 fully saturated rings. The van der Waals surface area contributed by atoms with Crippen LogP contribution >= 0.6 is 11.6 Å². The van der Waals surface area contributed by atoms with Gasteiger partial charge in [-0.25, -0.2) is 10.5 Å². The summed E-state index contributed by atoms with van der Waals surface area (Å²) >= 11 is 6.01. The first-order valence-electron chi connectivity index (χ1n) is 11.7. The monoisotopic (exact) mass is 512 g/mol. The minimum atomic E-state index is -0.548. The number of nitrogens with one attached hydrogen (secondary N) is 2. The fraction of sp³-hybridized carbons (Fsp3) is 0.333. The van der Waals surface area contributed by atoms with E-state index in [-0.39, 0.29) is 22.3 Å². The lowest BCUT2D eigenvalue weighted by molar-refractivity contribution is 0.0533. The highest BCUT2D eigenvalue weighted by Gasteiger charge is 2.21. The SMILES string of the molecule is C/C=C\C(=NC)c1oc2c(C(C)Nc3ccc(Cl)nc3C(=O)NOC)cc(C)cc2c(=O)c1C.CC. The molecule has 0 bridgehead atoms. The zero-order chi connectivity index (χ0) is 27.0. The molecule has 9 heteroatoms. The molecule has 0 saturated carbocycles. The van der Waals surface area contributed by atoms with Gasteiger partial charge in [-0.3, -0.25) is 19.4 Å². The number of fused-ring (bicyclic) bond motifs is 1. The van der Waals surface area contributed by atoms with Crippen molar-refractivity contribution in [1.29, 1.82) is 0 Å². The second-order valence-electron chi connectivity index (χ2n) is 7.76. The van der Waals surface area contributed by atoms with Crippen molar-refractivity contribution >= 4 is 39.9 Å². The van der Waals surface area contributed by atoms with Crippen molar-refractivity contribution in [3.05, 3.63) is 79.9 Å². The summed E-state index contributed by atoms with van der Waals surface area (Å²) in [6.07, 6.45) is 3.64. The normalized spacial score (nSPS) is 12.3. The lowest BCUT2D eigenvalue weighted by Crippen LogP contribution is -2.25. The molecule has 0 saturated heterocycles. The summed E-state index contributed by atoms with van der Waals surface area (Å²) < 4.78 is 6.30. The highest BCUT2D eigenvalue weighted by atomic mass is 35.5. The van der Waals surface area contributed by atoms with E-state index in [0.29, 0.717) is 33.7 Å². The maximum Gasteiger partial charge on any atom is 0.295 e. The number of carbonyl (C=O) groups excluding carboxylic acids is 1. The number of nitrogens with zero attached hydrogens (tertiary/aromatic N) is 2. The van der Waals surface area contributed by atoms with Crippen LogP contribution in [0.5, 0.6) is 0 Å². The van der Waals surface area contributed by atoms with Crippen molar-refractivity contribution < 1.29 is 14.0 Å². The number of carbonyl (C=O) groups is 1. The van der Waals surface area contributed by atoms with Crippen LogP contribution in [0, 0.1) is 13.8 Å². The molecule has 8 nitrogen and oxygen atoms in total. The molecule has 1 aromatic carbocycles. The smallest absolute Gasteiger partial charge is 0.295 e. The van der Waals surface area contributed by atoms with Gasteiger partial charge in [-0.2, -0.15) is 0 Å². The molecular formula is C27H33ClN4O4. The van der Waals surface area contributed by atoms with Gasteiger partial charge >= 0.3 is 0 Å². The van der Waals surface area contributed by atoms with Gasteiger partial charge in [-0.05, 0) is 57.5 Å². The number of amides is 1. The Morgan fingerprint density at radius 1 is 1.25 bits per heavy atom. The van der Waals surface area contributed by atoms with Gasteiger partial charge in [0.25, 0.3) is 5.91 Å². The fourth-order valence-electron chi connectivity index (χ4n) is 3.72. The number of hydrogen-bond donors (Lipinski definition) is 2. The predicted octanol–water partition coefficient (Wildman–Crippen LogP) is 5.94. The third kappa shape index (κ3) is 6.19. The summed E-state index contributed by atoms with van der Waals surface area (Å²) in [5.74, 6) is -0.128. The number of hydrogen-bond acceptors (Lipinski definition) is 7. The van der Waals surface area contributed by atoms with E-state index in [1.54, 1.807) is 32.2 Å². The Morgan fingerprint density at radius 3 is 2.56 bits per heavy atom. The molecule has 0 aliphatic heterocycles. The van der Waals surface area contributed by atoms with Crippen molar-refractivity contribution in [3.63, 3.8) is 0 Å². The van der Waals surface area contributed by atoms with E-state index in [1.807, 2.05) is 52.8 Å². The highest BCUT2D eigenvalue weighted by molar-refractivity contribution is 6.29. The molecule has 2 heterocycles. The second kappa shape index (κ2) is 13.0. The fourth-order valence-corrected chi connectivity index (χ4v) is 3.87. The Bertz CT molecular complexity index is 1360. The molecule has 36 heavy (non-hydrogen) atoms. The second-order valence-corrected chi connectivity index (χ2v) is 8.14. The van der Waals surface area contributed by atoms with Crippen LogP contribution < -0.4 is 16.2 Å². The largest absolute Gasteiger partial charge is 0.454 e. The van der Waals surface area contributed by atoms with Crippen LogP contribution in [0.15, 0.2) is 50.6 Å². The van der Waals surface area contributed by atoms with E-state index in [1.165, 1.54) is 7.11 Å². The van der Waals surface area contributed by atoms with Gasteiger partial charge in [0.2, 0.25) is 0 Å². The molecule has 0 radical (unpaired) electrons. The summed E-state index contributed by atoms with van der Waals surface area (Å²) in [6.45, 7) is 11.4. The van der Waals surface area contributed by atoms with E-state index < -0.39 is 5.91 Å². The van der Waals surface area contributed by atoms with Crippen LogP contribution in [0.25, 0.3) is 11.0 Å². The standard InChI is InChI=1S/C25H27ClN4O4.C2H6/c1-7-8-19(27-5)23-14(3)22(31)17-12-13(2)11-16(24(17)34-23)15(4)28-18-9-10-20(26)29-21(18)25(32)30-33-6;1-2/h7-12,15,28H,1-6H3,(H,30,32);1-2H3/b8-7-,27-19?;. The number of pyridine rings is 1. The molecule has 0 spiro atoms. The van der Waals surface area contributed by atoms with E-state index in [9.17, 15) is 9.59 Å². The molecule has 2 aromatic heterocycles. The summed E-state index contributed by atoms with van der Waals surface area (Å²) in [5.41, 5.74) is 5.82. The molecule has 192 valence electrons. The first-order valence-corrected chi connectivity index (χ1v) is 12.0. The number of benzene rings is 1. The Morgan fingerprint density at radius 2 is 1.94 bits per heavy atom. The number of rotatable bonds is 7. The van der Waals surface area contributed by atoms with Crippen molar-refractivity contribution in [2.75, 3.05) is 19.5 Å². The lowest BCUT2D eigenvalue weighted by atomic mass is 9.99. The molecule has 1 unspecified atom stereocenters. The van der Waals surface area contributed by atoms with Crippen molar-refractivity contribution in [1.82, 2.24) is 10.5 Å². The topological polar surface area (TPSA) is 106 Å². The van der Waals surface area contributed by atoms with Crippen LogP contribution in [0.2, 0.25) is 5.15 Å². The summed E-state index contributed by atoms with van der Waals surface area (Å²) in [6, 6.07) is 6.64. The van der Waals surface area contributed by atoms with Crippen LogP contribution in [-0.4, -0.2) is 30.8 Å². The van der Waals surface area contributed by atoms with Crippen molar-refractivity contribution in [3.8, 4) is 0 Å². The number of halogens is 1. The summed E-state index contributed by atoms with van der Waals surface area (Å²) in [4.78, 5) is 38.8. The number of allylic oxidation sites excluding steroid dienone is 2. The zero-order valence-corrected chi connectivity index (χ0v) is 22.7. The maximum absolute atomic E-state index is 13.3. The van der Waals surface area contributed by atoms with Crippen LogP contribution in [-0.2, 0) is 4.84 Å². The Labute approximate surface area is 216 Å². The Balaban J connectivity index is 0.00000222. The van der Waals surface area contributed by atoms with E-state index in [2.05, 4.69) is 20.8 Å². The van der Waals surface area contributed by atoms with Gasteiger partial charge in [0.1, 0.15) is 10.7 Å². The van der Waals surface area contributed by atoms with Gasteiger partial charge in [-0.15, -0.1) is 0 Å². The predicted molar refractivity (Wildman–Crippen MR) is 146 cm³/mol. The average molecular weight is 513 g/mol. The number of aromatic nitrogens is 1. The molecule has 0 aliphatic rings. The molecular weight excluding hydrogens is 480 g/mol. The van der Waals surface area contributed by atoms with Crippen molar-refractivity contribution in [2.45, 2.75) is 47.6 Å². The zero-order valence-electron chi connectivity index (χ0n) is 21.9. The average Bonchev–Trinajstić information content (AvgIpc) is 2.87. The lowest BCUT2D eigenvalue weighted by Gasteiger charge is -2.20. The Hall–Kier alpha value is -3.49. The highest BCUT2D eigenvalue weighted by Crippen LogP contribution is 2.30. The van der Waals surface area contributed by atoms with Crippen molar-refractivity contribution in [2.24, 2.45) is 4.99 Å². The van der Waals surface area contributed by atoms with Crippen LogP contribution in [0.1, 0.15) is 66.7 Å². The van der Waals surface area contributed by atoms with Crippen LogP contribution in [0.4, 0.5) is 5.69 Å². The number of aliphatic imine (C=N–C) groups is 1. The quantitative estimate of drug-likeness (QED) is 0.230. The Kier molecular flexibility index (Phi) is 10.4. The van der Waals surface area contributed by atoms with Gasteiger partial charge in [0.15, 0.2) is 16.9 Å². The molecule has 2 N–H and O–H groups in total. The van der Waals surface area contributed by atoms with Gasteiger partial charge in [0, 0.05) is 18.2 Å². The minimum Gasteiger partial charge on any atom is -0.454 e. The first kappa shape index (κ1) is 28.7. The number of anilines is 1. The molecule has 1 atom stereocenters. The molecule has 0 aliphatic carbocycles. The van der Waals surface area contributed by atoms with Crippen LogP contribution in [0.3, 0.4) is 0 Å². The first-order chi connectivity index (χ1) is 17.2. The van der Waals surface area contributed by atoms with Gasteiger partial charge in [-0.1, -0.05) is 37.6 Å². The van der Waals surface area contributed by atoms with Gasteiger partial charge < -0.3 is 9.73 Å². The summed E-state index contributed by atoms with van der Waals surface area (Å²) in [5, 5.41) is 3.94. The molecule has 1 amide bonds. The molecule has 3 rings (SSSR count). The molecule has 3 aromatic rings. The summed E-state index contributed by atoms with van der Waals surface area (Å²) in [7, 11) is 2.99. The minimum absolute atomic E-state index is 0.0737.